The van der Waals surface area contributed by atoms with Crippen molar-refractivity contribution in [2.24, 2.45) is 5.41 Å². The third-order valence-electron chi connectivity index (χ3n) is 4.18. The summed E-state index contributed by atoms with van der Waals surface area (Å²) in [7, 11) is 0. The molecule has 1 aromatic heterocycles. The fourth-order valence-electron chi connectivity index (χ4n) is 3.15. The number of halogens is 2. The van der Waals surface area contributed by atoms with Gasteiger partial charge < -0.3 is 4.74 Å². The average Bonchev–Trinajstić information content (AvgIpc) is 2.80. The molecule has 2 saturated carbocycles. The van der Waals surface area contributed by atoms with E-state index in [9.17, 15) is 0 Å². The van der Waals surface area contributed by atoms with Crippen molar-refractivity contribution in [3.63, 3.8) is 0 Å². The van der Waals surface area contributed by atoms with E-state index >= 15 is 0 Å². The second kappa shape index (κ2) is 4.33. The number of hydrogen-bond donors (Lipinski definition) is 0. The highest BCUT2D eigenvalue weighted by Crippen LogP contribution is 2.57. The number of aromatic nitrogens is 1. The lowest BCUT2D eigenvalue weighted by molar-refractivity contribution is -0.0357. The van der Waals surface area contributed by atoms with Gasteiger partial charge in [0.15, 0.2) is 0 Å². The van der Waals surface area contributed by atoms with E-state index in [0.717, 1.165) is 12.2 Å². The molecule has 0 saturated heterocycles. The van der Waals surface area contributed by atoms with Crippen molar-refractivity contribution in [3.8, 4) is 5.75 Å². The molecule has 0 bridgehead atoms. The van der Waals surface area contributed by atoms with E-state index in [-0.39, 0.29) is 16.9 Å². The van der Waals surface area contributed by atoms with Gasteiger partial charge in [0.05, 0.1) is 11.2 Å². The number of alkyl halides is 1. The maximum Gasteiger partial charge on any atom is 0.139 e. The summed E-state index contributed by atoms with van der Waals surface area (Å²) in [4.78, 5) is 4.04. The van der Waals surface area contributed by atoms with Gasteiger partial charge in [0.1, 0.15) is 11.9 Å². The molecule has 0 radical (unpaired) electrons. The average molecular weight is 272 g/mol. The first-order chi connectivity index (χ1) is 8.21. The van der Waals surface area contributed by atoms with Crippen LogP contribution < -0.4 is 4.74 Å². The minimum absolute atomic E-state index is 0.212. The summed E-state index contributed by atoms with van der Waals surface area (Å²) in [5.41, 5.74) is 0.212. The Kier molecular flexibility index (Phi) is 2.95. The van der Waals surface area contributed by atoms with Crippen molar-refractivity contribution >= 4 is 23.2 Å². The van der Waals surface area contributed by atoms with Crippen molar-refractivity contribution < 1.29 is 4.74 Å². The van der Waals surface area contributed by atoms with E-state index < -0.39 is 0 Å². The Bertz CT molecular complexity index is 418. The summed E-state index contributed by atoms with van der Waals surface area (Å²) < 4.78 is 6.01. The highest BCUT2D eigenvalue weighted by Gasteiger charge is 2.56. The van der Waals surface area contributed by atoms with Crippen LogP contribution in [0.2, 0.25) is 5.02 Å². The molecule has 0 amide bonds. The Morgan fingerprint density at radius 1 is 1.29 bits per heavy atom. The highest BCUT2D eigenvalue weighted by molar-refractivity contribution is 6.30. The molecule has 2 aliphatic rings. The zero-order valence-corrected chi connectivity index (χ0v) is 11.0. The van der Waals surface area contributed by atoms with Crippen molar-refractivity contribution in [1.82, 2.24) is 4.98 Å². The summed E-state index contributed by atoms with van der Waals surface area (Å²) in [6, 6.07) is 1.82. The fraction of sp³-hybridized carbons (Fsp3) is 0.615. The molecule has 1 heterocycles. The topological polar surface area (TPSA) is 22.1 Å². The number of pyridine rings is 1. The van der Waals surface area contributed by atoms with E-state index in [1.165, 1.54) is 25.7 Å². The predicted octanol–water partition coefficient (Wildman–Crippen LogP) is 4.05. The third kappa shape index (κ3) is 1.92. The van der Waals surface area contributed by atoms with Crippen molar-refractivity contribution in [2.75, 3.05) is 0 Å². The standard InChI is InChI=1S/C13H15Cl2NO/c14-9-5-10(8-16-7-9)17-12-6-11(15)13(12)3-1-2-4-13/h5,7-8,11-12H,1-4,6H2. The van der Waals surface area contributed by atoms with Crippen molar-refractivity contribution in [3.05, 3.63) is 23.5 Å². The molecule has 2 fully saturated rings. The monoisotopic (exact) mass is 271 g/mol. The van der Waals surface area contributed by atoms with Gasteiger partial charge in [0, 0.05) is 29.5 Å². The maximum atomic E-state index is 6.38. The van der Waals surface area contributed by atoms with Crippen LogP contribution in [0.25, 0.3) is 0 Å². The Balaban J connectivity index is 1.74. The molecule has 0 N–H and O–H groups in total. The van der Waals surface area contributed by atoms with Crippen LogP contribution in [0.1, 0.15) is 32.1 Å². The molecule has 2 unspecified atom stereocenters. The minimum Gasteiger partial charge on any atom is -0.488 e. The lowest BCUT2D eigenvalue weighted by Gasteiger charge is -2.50. The first kappa shape index (κ1) is 11.6. The summed E-state index contributed by atoms with van der Waals surface area (Å²) in [5, 5.41) is 0.895. The molecular formula is C13H15Cl2NO. The number of rotatable bonds is 2. The normalized spacial score (nSPS) is 30.2. The fourth-order valence-corrected chi connectivity index (χ4v) is 3.84. The van der Waals surface area contributed by atoms with Gasteiger partial charge in [-0.15, -0.1) is 11.6 Å². The molecule has 2 nitrogen and oxygen atoms in total. The van der Waals surface area contributed by atoms with Gasteiger partial charge in [-0.25, -0.2) is 0 Å². The number of hydrogen-bond acceptors (Lipinski definition) is 2. The lowest BCUT2D eigenvalue weighted by atomic mass is 9.64. The van der Waals surface area contributed by atoms with Crippen molar-refractivity contribution in [1.29, 1.82) is 0 Å². The van der Waals surface area contributed by atoms with Gasteiger partial charge in [-0.1, -0.05) is 24.4 Å². The van der Waals surface area contributed by atoms with E-state index in [4.69, 9.17) is 27.9 Å². The molecule has 2 atom stereocenters. The summed E-state index contributed by atoms with van der Waals surface area (Å²) in [6.07, 6.45) is 9.45. The summed E-state index contributed by atoms with van der Waals surface area (Å²) in [6.45, 7) is 0. The summed E-state index contributed by atoms with van der Waals surface area (Å²) >= 11 is 12.3. The summed E-state index contributed by atoms with van der Waals surface area (Å²) in [5.74, 6) is 0.761. The van der Waals surface area contributed by atoms with Crippen LogP contribution in [0, 0.1) is 5.41 Å². The Labute approximate surface area is 111 Å². The van der Waals surface area contributed by atoms with Gasteiger partial charge in [-0.3, -0.25) is 4.98 Å². The highest BCUT2D eigenvalue weighted by atomic mass is 35.5. The first-order valence-corrected chi connectivity index (χ1v) is 6.93. The zero-order chi connectivity index (χ0) is 11.9. The molecule has 92 valence electrons. The first-order valence-electron chi connectivity index (χ1n) is 6.12. The van der Waals surface area contributed by atoms with Crippen LogP contribution in [0.15, 0.2) is 18.5 Å². The maximum absolute atomic E-state index is 6.38. The van der Waals surface area contributed by atoms with E-state index in [0.29, 0.717) is 5.02 Å². The van der Waals surface area contributed by atoms with E-state index in [1.807, 2.05) is 6.07 Å². The van der Waals surface area contributed by atoms with Gasteiger partial charge >= 0.3 is 0 Å². The molecule has 3 rings (SSSR count). The van der Waals surface area contributed by atoms with Crippen LogP contribution in [0.5, 0.6) is 5.75 Å². The SMILES string of the molecule is Clc1cncc(OC2CC(Cl)C23CCCC3)c1. The van der Waals surface area contributed by atoms with Gasteiger partial charge in [0.2, 0.25) is 0 Å². The quantitative estimate of drug-likeness (QED) is 0.757. The minimum atomic E-state index is 0.212. The molecular weight excluding hydrogens is 257 g/mol. The smallest absolute Gasteiger partial charge is 0.139 e. The molecule has 4 heteroatoms. The van der Waals surface area contributed by atoms with Crippen LogP contribution in [0.4, 0.5) is 0 Å². The molecule has 2 aliphatic carbocycles. The Morgan fingerprint density at radius 2 is 2.06 bits per heavy atom. The lowest BCUT2D eigenvalue weighted by Crippen LogP contribution is -2.55. The molecule has 0 aromatic carbocycles. The number of ether oxygens (including phenoxy) is 1. The van der Waals surface area contributed by atoms with Gasteiger partial charge in [-0.2, -0.15) is 0 Å². The Hall–Kier alpha value is -0.470. The molecule has 0 aliphatic heterocycles. The van der Waals surface area contributed by atoms with Crippen molar-refractivity contribution in [2.45, 2.75) is 43.6 Å². The predicted molar refractivity (Wildman–Crippen MR) is 68.8 cm³/mol. The van der Waals surface area contributed by atoms with E-state index in [2.05, 4.69) is 4.98 Å². The van der Waals surface area contributed by atoms with Crippen LogP contribution >= 0.6 is 23.2 Å². The van der Waals surface area contributed by atoms with E-state index in [1.54, 1.807) is 12.4 Å². The molecule has 1 aromatic rings. The van der Waals surface area contributed by atoms with Crippen LogP contribution in [-0.2, 0) is 0 Å². The molecule has 17 heavy (non-hydrogen) atoms. The largest absolute Gasteiger partial charge is 0.488 e. The van der Waals surface area contributed by atoms with Crippen LogP contribution in [-0.4, -0.2) is 16.5 Å². The third-order valence-corrected chi connectivity index (χ3v) is 5.00. The second-order valence-electron chi connectivity index (χ2n) is 5.09. The zero-order valence-electron chi connectivity index (χ0n) is 9.53. The van der Waals surface area contributed by atoms with Crippen LogP contribution in [0.3, 0.4) is 0 Å². The second-order valence-corrected chi connectivity index (χ2v) is 6.05. The molecule has 1 spiro atoms. The van der Waals surface area contributed by atoms with Gasteiger partial charge in [0.25, 0.3) is 0 Å². The number of nitrogens with zero attached hydrogens (tertiary/aromatic N) is 1. The van der Waals surface area contributed by atoms with Gasteiger partial charge in [-0.05, 0) is 12.8 Å². The Morgan fingerprint density at radius 3 is 2.71 bits per heavy atom.